The average Bonchev–Trinajstić information content (AvgIpc) is 2.61. The lowest BCUT2D eigenvalue weighted by Gasteiger charge is -1.98. The summed E-state index contributed by atoms with van der Waals surface area (Å²) in [6.07, 6.45) is 1.26. The highest BCUT2D eigenvalue weighted by molar-refractivity contribution is 5.74. The maximum Gasteiger partial charge on any atom is 0.287 e. The summed E-state index contributed by atoms with van der Waals surface area (Å²) in [4.78, 5) is 17.3. The molecule has 1 heterocycles. The number of aromatic amines is 1. The highest BCUT2D eigenvalue weighted by Crippen LogP contribution is 2.18. The van der Waals surface area contributed by atoms with Crippen LogP contribution in [0.25, 0.3) is 11.0 Å². The van der Waals surface area contributed by atoms with E-state index in [9.17, 15) is 10.1 Å². The molecule has 2 aromatic rings. The number of imidazole rings is 1. The number of fused-ring (bicyclic) bond motifs is 1. The van der Waals surface area contributed by atoms with E-state index in [1.54, 1.807) is 6.07 Å². The van der Waals surface area contributed by atoms with E-state index >= 15 is 0 Å². The molecule has 15 heavy (non-hydrogen) atoms. The molecule has 0 fully saturated rings. The van der Waals surface area contributed by atoms with Gasteiger partial charge in [-0.25, -0.2) is 4.98 Å². The van der Waals surface area contributed by atoms with Crippen LogP contribution < -0.4 is 0 Å². The van der Waals surface area contributed by atoms with E-state index < -0.39 is 11.0 Å². The van der Waals surface area contributed by atoms with E-state index in [2.05, 4.69) is 16.5 Å². The van der Waals surface area contributed by atoms with Gasteiger partial charge < -0.3 is 4.98 Å². The van der Waals surface area contributed by atoms with Crippen LogP contribution in [0, 0.1) is 10.1 Å². The molecule has 0 bridgehead atoms. The van der Waals surface area contributed by atoms with Crippen molar-refractivity contribution in [3.05, 3.63) is 52.9 Å². The van der Waals surface area contributed by atoms with E-state index in [1.165, 1.54) is 6.08 Å². The number of H-pyrrole nitrogens is 1. The van der Waals surface area contributed by atoms with Crippen LogP contribution in [-0.2, 0) is 0 Å². The smallest absolute Gasteiger partial charge is 0.287 e. The van der Waals surface area contributed by atoms with Crippen LogP contribution in [0.3, 0.4) is 0 Å². The lowest BCUT2D eigenvalue weighted by atomic mass is 10.3. The van der Waals surface area contributed by atoms with Crippen molar-refractivity contribution in [2.75, 3.05) is 0 Å². The number of hydrogen-bond acceptors (Lipinski definition) is 3. The SMILES string of the molecule is C=CC(c1nc2ccccc2[nH]1)[N+](=O)[O-]. The molecule has 1 aromatic carbocycles. The number of nitrogens with one attached hydrogen (secondary N) is 1. The zero-order valence-electron chi connectivity index (χ0n) is 7.88. The van der Waals surface area contributed by atoms with Gasteiger partial charge in [-0.05, 0) is 18.2 Å². The van der Waals surface area contributed by atoms with Gasteiger partial charge in [-0.3, -0.25) is 10.1 Å². The van der Waals surface area contributed by atoms with Gasteiger partial charge >= 0.3 is 0 Å². The number of benzene rings is 1. The van der Waals surface area contributed by atoms with Crippen molar-refractivity contribution in [2.24, 2.45) is 0 Å². The number of aromatic nitrogens is 2. The minimum atomic E-state index is -0.975. The molecule has 2 rings (SSSR count). The summed E-state index contributed by atoms with van der Waals surface area (Å²) in [6, 6.07) is 6.33. The molecule has 0 aliphatic rings. The first-order valence-corrected chi connectivity index (χ1v) is 4.43. The van der Waals surface area contributed by atoms with E-state index in [4.69, 9.17) is 0 Å². The first kappa shape index (κ1) is 9.39. The fourth-order valence-corrected chi connectivity index (χ4v) is 1.41. The second-order valence-corrected chi connectivity index (χ2v) is 3.11. The molecule has 5 nitrogen and oxygen atoms in total. The Kier molecular flexibility index (Phi) is 2.21. The molecule has 76 valence electrons. The van der Waals surface area contributed by atoms with Gasteiger partial charge in [0.1, 0.15) is 0 Å². The lowest BCUT2D eigenvalue weighted by Crippen LogP contribution is -2.08. The monoisotopic (exact) mass is 203 g/mol. The molecule has 1 N–H and O–H groups in total. The summed E-state index contributed by atoms with van der Waals surface area (Å²) in [7, 11) is 0. The summed E-state index contributed by atoms with van der Waals surface area (Å²) in [5.41, 5.74) is 1.52. The molecule has 0 radical (unpaired) electrons. The van der Waals surface area contributed by atoms with Crippen LogP contribution in [0.2, 0.25) is 0 Å². The van der Waals surface area contributed by atoms with Crippen molar-refractivity contribution >= 4 is 11.0 Å². The van der Waals surface area contributed by atoms with Crippen LogP contribution in [0.5, 0.6) is 0 Å². The van der Waals surface area contributed by atoms with Gasteiger partial charge in [-0.1, -0.05) is 18.7 Å². The van der Waals surface area contributed by atoms with Gasteiger partial charge in [0.2, 0.25) is 0 Å². The number of nitrogens with zero attached hydrogens (tertiary/aromatic N) is 2. The Morgan fingerprint density at radius 2 is 2.27 bits per heavy atom. The van der Waals surface area contributed by atoms with Crippen molar-refractivity contribution in [3.8, 4) is 0 Å². The largest absolute Gasteiger partial charge is 0.336 e. The minimum absolute atomic E-state index is 0.316. The molecular formula is C10H9N3O2. The zero-order chi connectivity index (χ0) is 10.8. The number of para-hydroxylation sites is 2. The Bertz CT molecular complexity index is 485. The predicted octanol–water partition coefficient (Wildman–Crippen LogP) is 2.07. The summed E-state index contributed by atoms with van der Waals surface area (Å²) in [5.74, 6) is 0.316. The fraction of sp³-hybridized carbons (Fsp3) is 0.100. The van der Waals surface area contributed by atoms with E-state index in [-0.39, 0.29) is 0 Å². The third-order valence-electron chi connectivity index (χ3n) is 2.14. The third kappa shape index (κ3) is 1.59. The Morgan fingerprint density at radius 3 is 2.87 bits per heavy atom. The summed E-state index contributed by atoms with van der Waals surface area (Å²) in [5, 5.41) is 10.7. The van der Waals surface area contributed by atoms with Crippen LogP contribution in [-0.4, -0.2) is 14.9 Å². The maximum absolute atomic E-state index is 10.7. The highest BCUT2D eigenvalue weighted by atomic mass is 16.6. The van der Waals surface area contributed by atoms with Crippen molar-refractivity contribution in [3.63, 3.8) is 0 Å². The van der Waals surface area contributed by atoms with Crippen LogP contribution >= 0.6 is 0 Å². The fourth-order valence-electron chi connectivity index (χ4n) is 1.41. The van der Waals surface area contributed by atoms with Crippen molar-refractivity contribution in [1.29, 1.82) is 0 Å². The summed E-state index contributed by atoms with van der Waals surface area (Å²) >= 11 is 0. The second kappa shape index (κ2) is 3.53. The molecule has 1 atom stereocenters. The maximum atomic E-state index is 10.7. The molecule has 0 aliphatic heterocycles. The predicted molar refractivity (Wildman–Crippen MR) is 56.0 cm³/mol. The molecule has 0 saturated carbocycles. The summed E-state index contributed by atoms with van der Waals surface area (Å²) in [6.45, 7) is 3.43. The first-order chi connectivity index (χ1) is 7.22. The van der Waals surface area contributed by atoms with Gasteiger partial charge in [0, 0.05) is 4.92 Å². The van der Waals surface area contributed by atoms with Crippen LogP contribution in [0.15, 0.2) is 36.9 Å². The topological polar surface area (TPSA) is 71.8 Å². The molecule has 0 aliphatic carbocycles. The normalized spacial score (nSPS) is 12.5. The van der Waals surface area contributed by atoms with Gasteiger partial charge in [0.25, 0.3) is 6.04 Å². The molecule has 5 heteroatoms. The van der Waals surface area contributed by atoms with Crippen molar-refractivity contribution < 1.29 is 4.92 Å². The number of rotatable bonds is 3. The van der Waals surface area contributed by atoms with Crippen molar-refractivity contribution in [1.82, 2.24) is 9.97 Å². The Labute approximate surface area is 85.6 Å². The third-order valence-corrected chi connectivity index (χ3v) is 2.14. The Morgan fingerprint density at radius 1 is 1.53 bits per heavy atom. The molecule has 0 amide bonds. The lowest BCUT2D eigenvalue weighted by molar-refractivity contribution is -0.516. The van der Waals surface area contributed by atoms with Crippen LogP contribution in [0.1, 0.15) is 11.9 Å². The Balaban J connectivity index is 2.52. The average molecular weight is 203 g/mol. The van der Waals surface area contributed by atoms with Crippen LogP contribution in [0.4, 0.5) is 0 Å². The van der Waals surface area contributed by atoms with Gasteiger partial charge in [0.15, 0.2) is 5.82 Å². The van der Waals surface area contributed by atoms with E-state index in [0.29, 0.717) is 5.82 Å². The van der Waals surface area contributed by atoms with E-state index in [0.717, 1.165) is 11.0 Å². The summed E-state index contributed by atoms with van der Waals surface area (Å²) < 4.78 is 0. The number of nitro groups is 1. The standard InChI is InChI=1S/C10H9N3O2/c1-2-9(13(14)15)10-11-7-5-3-4-6-8(7)12-10/h2-6,9H,1H2,(H,11,12). The molecule has 1 unspecified atom stereocenters. The van der Waals surface area contributed by atoms with Gasteiger partial charge in [-0.2, -0.15) is 0 Å². The van der Waals surface area contributed by atoms with Gasteiger partial charge in [0.05, 0.1) is 11.0 Å². The molecular weight excluding hydrogens is 194 g/mol. The quantitative estimate of drug-likeness (QED) is 0.471. The van der Waals surface area contributed by atoms with Gasteiger partial charge in [-0.15, -0.1) is 0 Å². The zero-order valence-corrected chi connectivity index (χ0v) is 7.88. The first-order valence-electron chi connectivity index (χ1n) is 4.43. The Hall–Kier alpha value is -2.17. The number of hydrogen-bond donors (Lipinski definition) is 1. The molecule has 0 saturated heterocycles. The van der Waals surface area contributed by atoms with Crippen molar-refractivity contribution in [2.45, 2.75) is 6.04 Å². The molecule has 0 spiro atoms. The minimum Gasteiger partial charge on any atom is -0.336 e. The second-order valence-electron chi connectivity index (χ2n) is 3.11. The highest BCUT2D eigenvalue weighted by Gasteiger charge is 2.22. The van der Waals surface area contributed by atoms with E-state index in [1.807, 2.05) is 18.2 Å². The molecule has 1 aromatic heterocycles.